The van der Waals surface area contributed by atoms with Crippen LogP contribution in [0.3, 0.4) is 0 Å². The number of hydrogen-bond acceptors (Lipinski definition) is 2. The molecule has 1 heterocycles. The summed E-state index contributed by atoms with van der Waals surface area (Å²) in [5, 5.41) is -1.02. The standard InChI is InChI=1S/C48H37NO/c1-47(2)39-18-8-5-13-34(39)38-29-32(27-28-41(38)47)49(43-21-12-20-42-45(43)37-15-6-9-19-40(37)48(42,3)4)31-25-23-30(24-26-31)33-16-11-17-36-35-14-7-10-22-44(35)50-46(33)36/h5-29H,1-4H3/i1D3,2D3,3D3,4D3,5D,6D,7D,8D,9D,10D,11D,12D,13D,14D,15D,16D,17D,18D,19D,20D,21D,22D,23D,24D,25D,27D,28D,29D. The number of benzene rings is 7. The molecule has 0 saturated heterocycles. The van der Waals surface area contributed by atoms with Crippen molar-refractivity contribution < 1.29 is 53.8 Å². The lowest BCUT2D eigenvalue weighted by Crippen LogP contribution is -2.16. The maximum Gasteiger partial charge on any atom is 0.143 e. The van der Waals surface area contributed by atoms with Gasteiger partial charge in [0.25, 0.3) is 0 Å². The first-order valence-electron chi connectivity index (χ1n) is 32.7. The summed E-state index contributed by atoms with van der Waals surface area (Å²) in [7, 11) is 0. The summed E-state index contributed by atoms with van der Waals surface area (Å²) in [4.78, 5) is 0.269. The van der Waals surface area contributed by atoms with Crippen molar-refractivity contribution in [3.05, 3.63) is 173 Å². The third-order valence-electron chi connectivity index (χ3n) is 8.57. The Morgan fingerprint density at radius 1 is 0.520 bits per heavy atom. The summed E-state index contributed by atoms with van der Waals surface area (Å²) in [6.07, 6.45) is 0. The van der Waals surface area contributed by atoms with E-state index in [-0.39, 0.29) is 4.90 Å². The fourth-order valence-corrected chi connectivity index (χ4v) is 6.33. The van der Waals surface area contributed by atoms with Crippen LogP contribution in [-0.4, -0.2) is 0 Å². The van der Waals surface area contributed by atoms with Gasteiger partial charge in [0.05, 0.1) is 38.6 Å². The molecule has 2 heteroatoms. The Morgan fingerprint density at radius 2 is 1.16 bits per heavy atom. The Balaban J connectivity index is 1.49. The third-order valence-corrected chi connectivity index (χ3v) is 8.57. The molecule has 0 radical (unpaired) electrons. The Bertz CT molecular complexity index is 4440. The maximum atomic E-state index is 10.2. The summed E-state index contributed by atoms with van der Waals surface area (Å²) in [5.41, 5.74) is -24.0. The molecule has 2 aliphatic carbocycles. The number of hydrogen-bond donors (Lipinski definition) is 0. The molecular formula is C48H37NO. The highest BCUT2D eigenvalue weighted by Crippen LogP contribution is 2.55. The topological polar surface area (TPSA) is 16.4 Å². The second-order valence-corrected chi connectivity index (χ2v) is 11.3. The van der Waals surface area contributed by atoms with Crippen molar-refractivity contribution in [1.29, 1.82) is 0 Å². The Kier molecular flexibility index (Phi) is 2.13. The van der Waals surface area contributed by atoms with Crippen molar-refractivity contribution in [1.82, 2.24) is 0 Å². The highest BCUT2D eigenvalue weighted by molar-refractivity contribution is 6.09. The smallest absolute Gasteiger partial charge is 0.143 e. The van der Waals surface area contributed by atoms with Crippen LogP contribution in [0.5, 0.6) is 0 Å². The van der Waals surface area contributed by atoms with E-state index in [1.54, 1.807) is 0 Å². The van der Waals surface area contributed by atoms with Crippen LogP contribution in [0.4, 0.5) is 17.1 Å². The van der Waals surface area contributed by atoms with Gasteiger partial charge in [0, 0.05) is 60.6 Å². The largest absolute Gasteiger partial charge is 0.455 e. The molecular weight excluding hydrogens is 607 g/mol. The minimum Gasteiger partial charge on any atom is -0.455 e. The maximum absolute atomic E-state index is 10.2. The van der Waals surface area contributed by atoms with Crippen molar-refractivity contribution in [2.24, 2.45) is 0 Å². The average Bonchev–Trinajstić information content (AvgIpc) is 1.48. The molecule has 0 unspecified atom stereocenters. The predicted molar refractivity (Wildman–Crippen MR) is 209 cm³/mol. The summed E-state index contributed by atoms with van der Waals surface area (Å²) < 4.78 is 332. The van der Waals surface area contributed by atoms with Crippen LogP contribution in [0.15, 0.2) is 156 Å². The number of rotatable bonds is 4. The van der Waals surface area contributed by atoms with Crippen molar-refractivity contribution in [3.8, 4) is 33.4 Å². The molecule has 10 rings (SSSR count). The van der Waals surface area contributed by atoms with Crippen molar-refractivity contribution in [2.45, 2.75) is 38.2 Å². The SMILES string of the molecule is [2H]c1cc(N(c2c([2H])c([2H])c3c(c2[2H])-c2c([2H])c([2H])c([2H])c([2H])c2C3(C([2H])([2H])[2H])C([2H])([2H])[2H])c2c([2H])c([2H])c([2H])c3c2-c2c([2H])c([2H])c([2H])c([2H])c2C3(C([2H])([2H])[2H])C([2H])([2H])[2H])c([2H])c([2H])c1-c1c([2H])c([2H])c([2H])c2c1oc1c([2H])c([2H])c([2H])c([2H])c12. The number of furan rings is 1. The molecule has 50 heavy (non-hydrogen) atoms. The van der Waals surface area contributed by atoms with Crippen molar-refractivity contribution in [3.63, 3.8) is 0 Å². The van der Waals surface area contributed by atoms with Gasteiger partial charge in [0.15, 0.2) is 0 Å². The lowest BCUT2D eigenvalue weighted by molar-refractivity contribution is 0.660. The van der Waals surface area contributed by atoms with Gasteiger partial charge in [0.2, 0.25) is 0 Å². The summed E-state index contributed by atoms with van der Waals surface area (Å²) in [6, 6.07) is -28.0. The molecule has 0 N–H and O–H groups in total. The fourth-order valence-electron chi connectivity index (χ4n) is 6.33. The predicted octanol–water partition coefficient (Wildman–Crippen LogP) is 13.3. The van der Waals surface area contributed by atoms with E-state index in [4.69, 9.17) is 40.1 Å². The van der Waals surface area contributed by atoms with E-state index < -0.39 is 278 Å². The third kappa shape index (κ3) is 3.96. The van der Waals surface area contributed by atoms with Gasteiger partial charge in [-0.05, 0) is 80.8 Å². The molecule has 7 aromatic carbocycles. The van der Waals surface area contributed by atoms with Crippen LogP contribution in [0.1, 0.15) is 99.0 Å². The minimum atomic E-state index is -4.06. The molecule has 0 fully saturated rings. The van der Waals surface area contributed by atoms with Crippen LogP contribution in [0.25, 0.3) is 55.3 Å². The summed E-state index contributed by atoms with van der Waals surface area (Å²) in [5.74, 6) is 0. The molecule has 0 spiro atoms. The zero-order valence-corrected chi connectivity index (χ0v) is 24.9. The average molecular weight is 680 g/mol. The van der Waals surface area contributed by atoms with Gasteiger partial charge in [-0.3, -0.25) is 0 Å². The van der Waals surface area contributed by atoms with Crippen LogP contribution >= 0.6 is 0 Å². The van der Waals surface area contributed by atoms with E-state index in [9.17, 15) is 13.7 Å². The van der Waals surface area contributed by atoms with E-state index in [0.29, 0.717) is 6.07 Å². The van der Waals surface area contributed by atoms with Crippen LogP contribution in [0, 0.1) is 0 Å². The number of anilines is 3. The second-order valence-electron chi connectivity index (χ2n) is 11.3. The van der Waals surface area contributed by atoms with E-state index in [1.807, 2.05) is 0 Å². The van der Waals surface area contributed by atoms with Crippen LogP contribution < -0.4 is 4.90 Å². The monoisotopic (exact) mass is 680 g/mol. The van der Waals surface area contributed by atoms with Crippen LogP contribution in [-0.2, 0) is 10.8 Å². The molecule has 0 saturated carbocycles. The summed E-state index contributed by atoms with van der Waals surface area (Å²) in [6.45, 7) is -16.1. The van der Waals surface area contributed by atoms with Crippen LogP contribution in [0.2, 0.25) is 0 Å². The van der Waals surface area contributed by atoms with E-state index >= 15 is 0 Å². The first-order valence-corrected chi connectivity index (χ1v) is 14.7. The molecule has 240 valence electrons. The minimum absolute atomic E-state index is 0.269. The molecule has 0 bridgehead atoms. The van der Waals surface area contributed by atoms with E-state index in [1.165, 1.54) is 0 Å². The molecule has 2 nitrogen and oxygen atoms in total. The Hall–Kier alpha value is -5.86. The van der Waals surface area contributed by atoms with E-state index in [0.717, 1.165) is 0 Å². The van der Waals surface area contributed by atoms with Gasteiger partial charge in [-0.25, -0.2) is 0 Å². The lowest BCUT2D eigenvalue weighted by Gasteiger charge is -2.30. The quantitative estimate of drug-likeness (QED) is 0.184. The van der Waals surface area contributed by atoms with Gasteiger partial charge >= 0.3 is 0 Å². The molecule has 1 aromatic heterocycles. The molecule has 0 aliphatic heterocycles. The normalized spacial score (nSPS) is 26.0. The van der Waals surface area contributed by atoms with Gasteiger partial charge in [-0.15, -0.1) is 0 Å². The Morgan fingerprint density at radius 3 is 2.02 bits per heavy atom. The number of para-hydroxylation sites is 2. The van der Waals surface area contributed by atoms with Gasteiger partial charge in [-0.1, -0.05) is 142 Å². The summed E-state index contributed by atoms with van der Waals surface area (Å²) >= 11 is 0. The first kappa shape index (κ1) is 10.3. The fraction of sp³-hybridized carbons (Fsp3) is 0.125. The van der Waals surface area contributed by atoms with E-state index in [2.05, 4.69) is 0 Å². The Labute approximate surface area is 343 Å². The zero-order valence-electron chi connectivity index (χ0n) is 60.9. The second kappa shape index (κ2) is 10.3. The molecule has 2 aliphatic rings. The highest BCUT2D eigenvalue weighted by Gasteiger charge is 2.39. The molecule has 8 aromatic rings. The van der Waals surface area contributed by atoms with Gasteiger partial charge in [0.1, 0.15) is 11.2 Å². The lowest BCUT2D eigenvalue weighted by atomic mass is 9.82. The number of fused-ring (bicyclic) bond motifs is 9. The zero-order chi connectivity index (χ0) is 64.7. The van der Waals surface area contributed by atoms with Gasteiger partial charge < -0.3 is 9.32 Å². The van der Waals surface area contributed by atoms with Crippen molar-refractivity contribution in [2.75, 3.05) is 4.90 Å². The first-order chi connectivity index (χ1) is 39.3. The van der Waals surface area contributed by atoms with Gasteiger partial charge in [-0.2, -0.15) is 0 Å². The molecule has 0 atom stereocenters. The number of nitrogens with zero attached hydrogens (tertiary/aromatic N) is 1. The highest BCUT2D eigenvalue weighted by atomic mass is 16.3. The molecule has 0 amide bonds. The van der Waals surface area contributed by atoms with Crippen molar-refractivity contribution >= 4 is 39.0 Å².